The monoisotopic (exact) mass is 565 g/mol. The standard InChI is InChI=1S/C29H31N3O7S/c1-5-7-10-15-39-22-14-13-20(16-23(22)37-4)26-25(28(34)38-6-2)18(3)30-29-31(26)27(33)24(40-29)17-19-11-8-9-12-21(19)32(35)36/h8-9,11-14,16-17,26H,5-7,10,15H2,1-4H3. The number of unbranched alkanes of at least 4 members (excludes halogenated alkanes) is 2. The van der Waals surface area contributed by atoms with E-state index in [0.717, 1.165) is 30.6 Å². The number of para-hydroxylation sites is 1. The fourth-order valence-corrected chi connectivity index (χ4v) is 5.57. The number of nitro benzene ring substituents is 1. The average Bonchev–Trinajstić information content (AvgIpc) is 3.24. The van der Waals surface area contributed by atoms with Crippen molar-refractivity contribution in [1.82, 2.24) is 4.57 Å². The van der Waals surface area contributed by atoms with E-state index < -0.39 is 22.5 Å². The summed E-state index contributed by atoms with van der Waals surface area (Å²) in [6, 6.07) is 10.6. The zero-order chi connectivity index (χ0) is 28.8. The number of nitro groups is 1. The number of nitrogens with zero attached hydrogens (tertiary/aromatic N) is 3. The van der Waals surface area contributed by atoms with Crippen LogP contribution in [-0.4, -0.2) is 35.8 Å². The summed E-state index contributed by atoms with van der Waals surface area (Å²) in [6.45, 7) is 6.21. The molecule has 40 heavy (non-hydrogen) atoms. The van der Waals surface area contributed by atoms with Crippen LogP contribution >= 0.6 is 11.3 Å². The van der Waals surface area contributed by atoms with Gasteiger partial charge >= 0.3 is 5.97 Å². The Hall–Kier alpha value is -4.25. The van der Waals surface area contributed by atoms with Crippen molar-refractivity contribution in [2.24, 2.45) is 4.99 Å². The summed E-state index contributed by atoms with van der Waals surface area (Å²) in [4.78, 5) is 43.0. The average molecular weight is 566 g/mol. The number of hydrogen-bond acceptors (Lipinski definition) is 9. The fourth-order valence-electron chi connectivity index (χ4n) is 4.53. The van der Waals surface area contributed by atoms with Crippen LogP contribution in [0.5, 0.6) is 11.5 Å². The highest BCUT2D eigenvalue weighted by atomic mass is 32.1. The molecule has 0 amide bonds. The third-order valence-corrected chi connectivity index (χ3v) is 7.43. The second kappa shape index (κ2) is 12.7. The van der Waals surface area contributed by atoms with E-state index in [1.807, 2.05) is 0 Å². The minimum absolute atomic E-state index is 0.118. The lowest BCUT2D eigenvalue weighted by Gasteiger charge is -2.25. The van der Waals surface area contributed by atoms with Crippen LogP contribution in [0.1, 0.15) is 57.2 Å². The van der Waals surface area contributed by atoms with Crippen molar-refractivity contribution in [3.8, 4) is 11.5 Å². The molecule has 0 aliphatic carbocycles. The van der Waals surface area contributed by atoms with Crippen LogP contribution in [0, 0.1) is 10.1 Å². The van der Waals surface area contributed by atoms with Gasteiger partial charge in [0.25, 0.3) is 11.2 Å². The molecule has 10 nitrogen and oxygen atoms in total. The number of ether oxygens (including phenoxy) is 3. The Bertz CT molecular complexity index is 1640. The number of aromatic nitrogens is 1. The van der Waals surface area contributed by atoms with Crippen LogP contribution in [0.4, 0.5) is 5.69 Å². The van der Waals surface area contributed by atoms with Crippen LogP contribution in [0.2, 0.25) is 0 Å². The van der Waals surface area contributed by atoms with Crippen molar-refractivity contribution in [3.63, 3.8) is 0 Å². The molecule has 2 aromatic carbocycles. The Morgan fingerprint density at radius 2 is 1.95 bits per heavy atom. The molecule has 11 heteroatoms. The van der Waals surface area contributed by atoms with Gasteiger partial charge < -0.3 is 14.2 Å². The van der Waals surface area contributed by atoms with E-state index in [1.54, 1.807) is 50.2 Å². The van der Waals surface area contributed by atoms with Gasteiger partial charge in [0.05, 0.1) is 52.7 Å². The summed E-state index contributed by atoms with van der Waals surface area (Å²) in [6.07, 6.45) is 4.51. The third-order valence-electron chi connectivity index (χ3n) is 6.45. The van der Waals surface area contributed by atoms with Crippen molar-refractivity contribution >= 4 is 29.1 Å². The maximum atomic E-state index is 13.8. The first kappa shape index (κ1) is 28.8. The lowest BCUT2D eigenvalue weighted by atomic mass is 9.95. The third kappa shape index (κ3) is 5.84. The largest absolute Gasteiger partial charge is 0.493 e. The highest BCUT2D eigenvalue weighted by molar-refractivity contribution is 7.07. The zero-order valence-corrected chi connectivity index (χ0v) is 23.7. The summed E-state index contributed by atoms with van der Waals surface area (Å²) < 4.78 is 18.6. The van der Waals surface area contributed by atoms with E-state index >= 15 is 0 Å². The minimum Gasteiger partial charge on any atom is -0.493 e. The molecule has 0 saturated carbocycles. The summed E-state index contributed by atoms with van der Waals surface area (Å²) in [5, 5.41) is 11.5. The van der Waals surface area contributed by atoms with Crippen molar-refractivity contribution in [2.45, 2.75) is 46.1 Å². The fraction of sp³-hybridized carbons (Fsp3) is 0.345. The first-order chi connectivity index (χ1) is 19.3. The minimum atomic E-state index is -0.855. The number of fused-ring (bicyclic) bond motifs is 1. The SMILES string of the molecule is CCCCCOc1ccc(C2C(C(=O)OCC)=C(C)N=c3sc(=Cc4ccccc4[N+](=O)[O-])c(=O)n32)cc1OC. The summed E-state index contributed by atoms with van der Waals surface area (Å²) in [5.74, 6) is 0.444. The molecule has 1 aliphatic heterocycles. The van der Waals surface area contributed by atoms with E-state index in [2.05, 4.69) is 11.9 Å². The first-order valence-electron chi connectivity index (χ1n) is 13.0. The molecule has 4 rings (SSSR count). The van der Waals surface area contributed by atoms with Crippen LogP contribution in [-0.2, 0) is 9.53 Å². The van der Waals surface area contributed by atoms with Crippen LogP contribution in [0.3, 0.4) is 0 Å². The van der Waals surface area contributed by atoms with E-state index in [9.17, 15) is 19.7 Å². The summed E-state index contributed by atoms with van der Waals surface area (Å²) >= 11 is 1.10. The van der Waals surface area contributed by atoms with Gasteiger partial charge in [0.2, 0.25) is 0 Å². The molecule has 0 spiro atoms. The molecule has 1 aromatic heterocycles. The number of carbonyl (C=O) groups excluding carboxylic acids is 1. The predicted molar refractivity (Wildman–Crippen MR) is 152 cm³/mol. The van der Waals surface area contributed by atoms with Crippen LogP contribution in [0.25, 0.3) is 6.08 Å². The number of methoxy groups -OCH3 is 1. The molecular formula is C29H31N3O7S. The van der Waals surface area contributed by atoms with Crippen LogP contribution < -0.4 is 24.4 Å². The summed E-state index contributed by atoms with van der Waals surface area (Å²) in [7, 11) is 1.53. The zero-order valence-electron chi connectivity index (χ0n) is 22.8. The second-order valence-electron chi connectivity index (χ2n) is 9.08. The molecular weight excluding hydrogens is 534 g/mol. The highest BCUT2D eigenvalue weighted by Crippen LogP contribution is 2.36. The molecule has 210 valence electrons. The topological polar surface area (TPSA) is 122 Å². The Balaban J connectivity index is 1.88. The van der Waals surface area contributed by atoms with Crippen molar-refractivity contribution in [2.75, 3.05) is 20.3 Å². The highest BCUT2D eigenvalue weighted by Gasteiger charge is 2.34. The van der Waals surface area contributed by atoms with E-state index in [-0.39, 0.29) is 22.4 Å². The number of allylic oxidation sites excluding steroid dienone is 1. The molecule has 0 bridgehead atoms. The Morgan fingerprint density at radius 1 is 1.18 bits per heavy atom. The molecule has 2 heterocycles. The molecule has 0 saturated heterocycles. The Kier molecular flexibility index (Phi) is 9.15. The van der Waals surface area contributed by atoms with Crippen molar-refractivity contribution in [3.05, 3.63) is 94.7 Å². The number of rotatable bonds is 11. The number of benzene rings is 2. The van der Waals surface area contributed by atoms with E-state index in [1.165, 1.54) is 23.8 Å². The lowest BCUT2D eigenvalue weighted by Crippen LogP contribution is -2.40. The molecule has 3 aromatic rings. The van der Waals surface area contributed by atoms with Gasteiger partial charge in [-0.05, 0) is 50.1 Å². The second-order valence-corrected chi connectivity index (χ2v) is 10.1. The molecule has 0 radical (unpaired) electrons. The number of esters is 1. The van der Waals surface area contributed by atoms with Gasteiger partial charge in [-0.2, -0.15) is 0 Å². The van der Waals surface area contributed by atoms with Crippen LogP contribution in [0.15, 0.2) is 63.5 Å². The number of thiazole rings is 1. The molecule has 0 fully saturated rings. The first-order valence-corrected chi connectivity index (χ1v) is 13.9. The van der Waals surface area contributed by atoms with Gasteiger partial charge in [0, 0.05) is 6.07 Å². The molecule has 1 atom stereocenters. The van der Waals surface area contributed by atoms with E-state index in [4.69, 9.17) is 14.2 Å². The van der Waals surface area contributed by atoms with E-state index in [0.29, 0.717) is 39.7 Å². The Morgan fingerprint density at radius 3 is 2.65 bits per heavy atom. The van der Waals surface area contributed by atoms with Gasteiger partial charge in [-0.25, -0.2) is 9.79 Å². The van der Waals surface area contributed by atoms with Crippen molar-refractivity contribution < 1.29 is 23.9 Å². The predicted octanol–water partition coefficient (Wildman–Crippen LogP) is 4.28. The number of carbonyl (C=O) groups is 1. The lowest BCUT2D eigenvalue weighted by molar-refractivity contribution is -0.385. The van der Waals surface area contributed by atoms with Gasteiger partial charge in [-0.15, -0.1) is 0 Å². The number of hydrogen-bond donors (Lipinski definition) is 0. The van der Waals surface area contributed by atoms with Gasteiger partial charge in [-0.1, -0.05) is 49.3 Å². The van der Waals surface area contributed by atoms with Gasteiger partial charge in [-0.3, -0.25) is 19.5 Å². The van der Waals surface area contributed by atoms with Gasteiger partial charge in [0.15, 0.2) is 16.3 Å². The van der Waals surface area contributed by atoms with Gasteiger partial charge in [0.1, 0.15) is 0 Å². The smallest absolute Gasteiger partial charge is 0.338 e. The van der Waals surface area contributed by atoms with Crippen molar-refractivity contribution in [1.29, 1.82) is 0 Å². The maximum Gasteiger partial charge on any atom is 0.338 e. The normalized spacial score (nSPS) is 14.9. The maximum absolute atomic E-state index is 13.8. The molecule has 0 N–H and O–H groups in total. The summed E-state index contributed by atoms with van der Waals surface area (Å²) in [5.41, 5.74) is 0.994. The molecule has 1 unspecified atom stereocenters. The molecule has 1 aliphatic rings. The quantitative estimate of drug-likeness (QED) is 0.147. The Labute approximate surface area is 235 Å².